The van der Waals surface area contributed by atoms with Gasteiger partial charge in [0.05, 0.1) is 4.91 Å². The van der Waals surface area contributed by atoms with E-state index in [0.29, 0.717) is 22.6 Å². The van der Waals surface area contributed by atoms with Crippen LogP contribution in [-0.4, -0.2) is 47.6 Å². The molecule has 0 aliphatic heterocycles. The lowest BCUT2D eigenvalue weighted by molar-refractivity contribution is -0.139. The zero-order valence-electron chi connectivity index (χ0n) is 21.1. The predicted octanol–water partition coefficient (Wildman–Crippen LogP) is 3.81. The summed E-state index contributed by atoms with van der Waals surface area (Å²) in [7, 11) is 0. The lowest BCUT2D eigenvalue weighted by Crippen LogP contribution is -2.48. The maximum atomic E-state index is 12.8. The number of allylic oxidation sites excluding steroid dienone is 2. The first-order valence-electron chi connectivity index (χ1n) is 11.8. The molecule has 38 heavy (non-hydrogen) atoms. The van der Waals surface area contributed by atoms with Gasteiger partial charge in [0, 0.05) is 24.2 Å². The number of thioether (sulfide) groups is 1. The van der Waals surface area contributed by atoms with E-state index in [1.54, 1.807) is 19.2 Å². The van der Waals surface area contributed by atoms with E-state index in [2.05, 4.69) is 22.5 Å². The zero-order chi connectivity index (χ0) is 27.7. The summed E-state index contributed by atoms with van der Waals surface area (Å²) < 4.78 is 0. The third-order valence-electron chi connectivity index (χ3n) is 5.84. The smallest absolute Gasteiger partial charge is 0.328 e. The summed E-state index contributed by atoms with van der Waals surface area (Å²) in [6.07, 6.45) is 4.68. The maximum Gasteiger partial charge on any atom is 0.328 e. The first kappa shape index (κ1) is 28.2. The van der Waals surface area contributed by atoms with E-state index >= 15 is 0 Å². The van der Waals surface area contributed by atoms with Gasteiger partial charge in [-0.1, -0.05) is 55.1 Å². The van der Waals surface area contributed by atoms with Gasteiger partial charge in [0.15, 0.2) is 0 Å². The number of aliphatic carboxylic acids is 1. The fraction of sp³-hybridized carbons (Fsp3) is 0.172. The van der Waals surface area contributed by atoms with Crippen LogP contribution in [0.25, 0.3) is 10.8 Å². The third kappa shape index (κ3) is 7.10. The van der Waals surface area contributed by atoms with Crippen LogP contribution in [0.4, 0.5) is 0 Å². The van der Waals surface area contributed by atoms with E-state index < -0.39 is 23.8 Å². The van der Waals surface area contributed by atoms with Gasteiger partial charge in [-0.3, -0.25) is 14.4 Å². The van der Waals surface area contributed by atoms with Crippen LogP contribution in [0.15, 0.2) is 84.3 Å². The quantitative estimate of drug-likeness (QED) is 0.220. The molecule has 3 rings (SSSR count). The minimum Gasteiger partial charge on any atom is -0.480 e. The summed E-state index contributed by atoms with van der Waals surface area (Å²) in [5, 5.41) is 19.5. The minimum absolute atomic E-state index is 0.226. The molecule has 0 saturated carbocycles. The number of benzene rings is 3. The van der Waals surface area contributed by atoms with Crippen molar-refractivity contribution in [3.8, 4) is 0 Å². The van der Waals surface area contributed by atoms with Crippen LogP contribution in [0.1, 0.15) is 31.8 Å². The number of nitrogens with one attached hydrogen (secondary N) is 3. The topological polar surface area (TPSA) is 125 Å². The van der Waals surface area contributed by atoms with Gasteiger partial charge in [-0.15, -0.1) is 11.8 Å². The number of fused-ring (bicyclic) bond motifs is 1. The van der Waals surface area contributed by atoms with Gasteiger partial charge in [0.25, 0.3) is 17.7 Å². The van der Waals surface area contributed by atoms with Crippen molar-refractivity contribution in [3.05, 3.63) is 107 Å². The second-order valence-corrected chi connectivity index (χ2v) is 9.24. The van der Waals surface area contributed by atoms with Gasteiger partial charge in [0.2, 0.25) is 0 Å². The summed E-state index contributed by atoms with van der Waals surface area (Å²) in [6.45, 7) is 5.25. The summed E-state index contributed by atoms with van der Waals surface area (Å²) >= 11 is 1.19. The Balaban J connectivity index is 1.64. The number of rotatable bonds is 11. The molecule has 0 aliphatic carbocycles. The van der Waals surface area contributed by atoms with Crippen LogP contribution in [0.3, 0.4) is 0 Å². The molecule has 0 bridgehead atoms. The van der Waals surface area contributed by atoms with Gasteiger partial charge < -0.3 is 21.1 Å². The Morgan fingerprint density at radius 3 is 2.42 bits per heavy atom. The largest absolute Gasteiger partial charge is 0.480 e. The first-order valence-corrected chi connectivity index (χ1v) is 13.0. The second-order valence-electron chi connectivity index (χ2n) is 8.40. The van der Waals surface area contributed by atoms with E-state index in [1.165, 1.54) is 36.0 Å². The lowest BCUT2D eigenvalue weighted by Gasteiger charge is -2.17. The number of carbonyl (C=O) groups is 4. The summed E-state index contributed by atoms with van der Waals surface area (Å²) in [5.41, 5.74) is 2.09. The van der Waals surface area contributed by atoms with Crippen LogP contribution in [0.5, 0.6) is 0 Å². The molecular formula is C29H29N3O5S. The molecule has 0 aromatic heterocycles. The Labute approximate surface area is 225 Å². The second kappa shape index (κ2) is 13.3. The van der Waals surface area contributed by atoms with Gasteiger partial charge in [0.1, 0.15) is 6.04 Å². The molecular weight excluding hydrogens is 502 g/mol. The molecule has 0 saturated heterocycles. The van der Waals surface area contributed by atoms with E-state index in [0.717, 1.165) is 16.3 Å². The van der Waals surface area contributed by atoms with Gasteiger partial charge in [-0.05, 0) is 59.4 Å². The van der Waals surface area contributed by atoms with Crippen molar-refractivity contribution >= 4 is 46.2 Å². The highest BCUT2D eigenvalue weighted by molar-refractivity contribution is 8.03. The zero-order valence-corrected chi connectivity index (χ0v) is 21.9. The Morgan fingerprint density at radius 2 is 1.74 bits per heavy atom. The van der Waals surface area contributed by atoms with E-state index in [1.807, 2.05) is 42.5 Å². The molecule has 0 radical (unpaired) electrons. The normalized spacial score (nSPS) is 11.9. The number of carbonyl (C=O) groups excluding carboxylic acids is 3. The van der Waals surface area contributed by atoms with Crippen LogP contribution >= 0.6 is 11.8 Å². The maximum absolute atomic E-state index is 12.8. The Hall–Kier alpha value is -4.37. The SMILES string of the molecule is C=C/C=C(\SC)C(=O)NC[C@H](NC(=O)c1ccc(C(=O)NCc2cccc3ccccc23)cc1C)C(=O)O. The van der Waals surface area contributed by atoms with Crippen LogP contribution in [-0.2, 0) is 16.1 Å². The highest BCUT2D eigenvalue weighted by Crippen LogP contribution is 2.19. The van der Waals surface area contributed by atoms with Gasteiger partial charge in [-0.2, -0.15) is 0 Å². The summed E-state index contributed by atoms with van der Waals surface area (Å²) in [6, 6.07) is 17.1. The van der Waals surface area contributed by atoms with Crippen molar-refractivity contribution in [2.45, 2.75) is 19.5 Å². The molecule has 0 fully saturated rings. The van der Waals surface area contributed by atoms with Crippen molar-refractivity contribution < 1.29 is 24.3 Å². The van der Waals surface area contributed by atoms with Crippen molar-refractivity contribution in [1.82, 2.24) is 16.0 Å². The molecule has 0 heterocycles. The molecule has 9 heteroatoms. The summed E-state index contributed by atoms with van der Waals surface area (Å²) in [5.74, 6) is -2.68. The molecule has 196 valence electrons. The number of hydrogen-bond donors (Lipinski definition) is 4. The third-order valence-corrected chi connectivity index (χ3v) is 6.60. The first-order chi connectivity index (χ1) is 18.2. The van der Waals surface area contributed by atoms with Gasteiger partial charge in [-0.25, -0.2) is 4.79 Å². The Kier molecular flexibility index (Phi) is 9.84. The van der Waals surface area contributed by atoms with Crippen molar-refractivity contribution in [3.63, 3.8) is 0 Å². The predicted molar refractivity (Wildman–Crippen MR) is 150 cm³/mol. The highest BCUT2D eigenvalue weighted by atomic mass is 32.2. The average molecular weight is 532 g/mol. The van der Waals surface area contributed by atoms with Crippen LogP contribution < -0.4 is 16.0 Å². The molecule has 4 N–H and O–H groups in total. The monoisotopic (exact) mass is 531 g/mol. The number of hydrogen-bond acceptors (Lipinski definition) is 5. The Morgan fingerprint density at radius 1 is 1.00 bits per heavy atom. The molecule has 3 amide bonds. The molecule has 3 aromatic carbocycles. The molecule has 8 nitrogen and oxygen atoms in total. The van der Waals surface area contributed by atoms with Crippen molar-refractivity contribution in [2.75, 3.05) is 12.8 Å². The molecule has 0 aliphatic rings. The Bertz CT molecular complexity index is 1410. The average Bonchev–Trinajstić information content (AvgIpc) is 2.91. The van der Waals surface area contributed by atoms with Crippen molar-refractivity contribution in [1.29, 1.82) is 0 Å². The van der Waals surface area contributed by atoms with Crippen LogP contribution in [0.2, 0.25) is 0 Å². The lowest BCUT2D eigenvalue weighted by atomic mass is 10.0. The summed E-state index contributed by atoms with van der Waals surface area (Å²) in [4.78, 5) is 49.9. The van der Waals surface area contributed by atoms with Crippen LogP contribution in [0, 0.1) is 6.92 Å². The molecule has 0 unspecified atom stereocenters. The molecule has 3 aromatic rings. The van der Waals surface area contributed by atoms with E-state index in [4.69, 9.17) is 0 Å². The van der Waals surface area contributed by atoms with E-state index in [-0.39, 0.29) is 18.0 Å². The fourth-order valence-electron chi connectivity index (χ4n) is 3.85. The number of carboxylic acid groups (broad SMARTS) is 1. The highest BCUT2D eigenvalue weighted by Gasteiger charge is 2.23. The van der Waals surface area contributed by atoms with Gasteiger partial charge >= 0.3 is 5.97 Å². The minimum atomic E-state index is -1.35. The number of aryl methyl sites for hydroxylation is 1. The fourth-order valence-corrected chi connectivity index (χ4v) is 4.34. The number of amides is 3. The number of carboxylic acids is 1. The molecule has 0 spiro atoms. The standard InChI is InChI=1S/C29H29N3O5S/c1-4-8-25(38-3)28(35)31-17-24(29(36)37)32-27(34)22-14-13-20(15-18(22)2)26(33)30-16-21-11-7-10-19-9-5-6-12-23(19)21/h4-15,24H,1,16-17H2,2-3H3,(H,30,33)(H,31,35)(H,32,34)(H,36,37)/b25-8-/t24-/m0/s1. The van der Waals surface area contributed by atoms with E-state index in [9.17, 15) is 24.3 Å². The molecule has 1 atom stereocenters. The van der Waals surface area contributed by atoms with Crippen molar-refractivity contribution in [2.24, 2.45) is 0 Å².